The van der Waals surface area contributed by atoms with Gasteiger partial charge in [-0.3, -0.25) is 9.59 Å². The Labute approximate surface area is 276 Å². The standard InChI is InChI=1S/C34H36Cl2F3N3O2S/c1-40(30(43)21-34(37,38)39)23-32(26-12-13-28(35)29(36)20-26,41(2)31(44)24-8-4-3-5-9-24)14-17-42-18-15-33(16-19-42)27-11-7-6-10-25(27)22-45-33/h3-13,20H,14-19,21-23H2,1-2H3. The fourth-order valence-electron chi connectivity index (χ4n) is 6.60. The van der Waals surface area contributed by atoms with Crippen LogP contribution in [0.2, 0.25) is 10.0 Å². The Morgan fingerprint density at radius 3 is 2.27 bits per heavy atom. The SMILES string of the molecule is CN(CC(CCN1CCC2(CC1)SCc1ccccc12)(c1ccc(Cl)c(Cl)c1)N(C)C(=O)c1ccccc1)C(=O)CC(F)(F)F. The van der Waals surface area contributed by atoms with E-state index in [0.29, 0.717) is 29.1 Å². The highest BCUT2D eigenvalue weighted by Gasteiger charge is 2.45. The van der Waals surface area contributed by atoms with Gasteiger partial charge in [0.05, 0.1) is 15.6 Å². The number of alkyl halides is 3. The second-order valence-corrected chi connectivity index (χ2v) is 14.1. The van der Waals surface area contributed by atoms with Gasteiger partial charge in [-0.05, 0) is 73.3 Å². The normalized spacial score (nSPS) is 17.5. The third kappa shape index (κ3) is 7.32. The van der Waals surface area contributed by atoms with Crippen LogP contribution in [0.3, 0.4) is 0 Å². The van der Waals surface area contributed by atoms with Crippen LogP contribution in [0.15, 0.2) is 72.8 Å². The highest BCUT2D eigenvalue weighted by atomic mass is 35.5. The Hall–Kier alpha value is -2.72. The van der Waals surface area contributed by atoms with E-state index in [1.165, 1.54) is 18.2 Å². The molecule has 1 unspecified atom stereocenters. The molecule has 2 amide bonds. The van der Waals surface area contributed by atoms with Crippen LogP contribution in [0.1, 0.15) is 52.7 Å². The number of carbonyl (C=O) groups is 2. The first-order valence-electron chi connectivity index (χ1n) is 14.9. The van der Waals surface area contributed by atoms with Crippen molar-refractivity contribution in [1.29, 1.82) is 0 Å². The second-order valence-electron chi connectivity index (χ2n) is 12.0. The van der Waals surface area contributed by atoms with Gasteiger partial charge in [-0.2, -0.15) is 13.2 Å². The van der Waals surface area contributed by atoms with Gasteiger partial charge in [0.1, 0.15) is 6.42 Å². The molecule has 2 heterocycles. The molecule has 2 aliphatic heterocycles. The molecule has 11 heteroatoms. The van der Waals surface area contributed by atoms with Crippen molar-refractivity contribution in [2.75, 3.05) is 40.3 Å². The minimum Gasteiger partial charge on any atom is -0.343 e. The summed E-state index contributed by atoms with van der Waals surface area (Å²) in [7, 11) is 2.98. The van der Waals surface area contributed by atoms with Gasteiger partial charge in [-0.1, -0.05) is 71.7 Å². The van der Waals surface area contributed by atoms with Crippen molar-refractivity contribution < 1.29 is 22.8 Å². The Bertz CT molecular complexity index is 1530. The summed E-state index contributed by atoms with van der Waals surface area (Å²) in [5.41, 5.74) is 2.59. The molecule has 1 saturated heterocycles. The van der Waals surface area contributed by atoms with E-state index >= 15 is 0 Å². The average Bonchev–Trinajstić information content (AvgIpc) is 3.38. The lowest BCUT2D eigenvalue weighted by molar-refractivity contribution is -0.161. The number of benzene rings is 3. The van der Waals surface area contributed by atoms with Gasteiger partial charge >= 0.3 is 6.18 Å². The lowest BCUT2D eigenvalue weighted by Crippen LogP contribution is -2.56. The summed E-state index contributed by atoms with van der Waals surface area (Å²) in [5, 5.41) is 0.559. The van der Waals surface area contributed by atoms with Crippen LogP contribution in [0.25, 0.3) is 0 Å². The van der Waals surface area contributed by atoms with Crippen LogP contribution >= 0.6 is 35.0 Å². The predicted octanol–water partition coefficient (Wildman–Crippen LogP) is 8.00. The van der Waals surface area contributed by atoms with Crippen molar-refractivity contribution in [3.05, 3.63) is 105 Å². The molecule has 0 radical (unpaired) electrons. The molecule has 1 atom stereocenters. The van der Waals surface area contributed by atoms with Crippen LogP contribution in [0.5, 0.6) is 0 Å². The lowest BCUT2D eigenvalue weighted by Gasteiger charge is -2.47. The molecular weight excluding hydrogens is 642 g/mol. The fraction of sp³-hybridized carbons (Fsp3) is 0.412. The molecule has 1 fully saturated rings. The maximum atomic E-state index is 14.0. The molecule has 3 aromatic carbocycles. The van der Waals surface area contributed by atoms with Gasteiger partial charge < -0.3 is 14.7 Å². The molecule has 45 heavy (non-hydrogen) atoms. The van der Waals surface area contributed by atoms with Gasteiger partial charge in [0.25, 0.3) is 5.91 Å². The number of fused-ring (bicyclic) bond motifs is 2. The summed E-state index contributed by atoms with van der Waals surface area (Å²) in [6.07, 6.45) is -3.97. The Morgan fingerprint density at radius 1 is 0.933 bits per heavy atom. The predicted molar refractivity (Wildman–Crippen MR) is 175 cm³/mol. The number of piperidine rings is 1. The lowest BCUT2D eigenvalue weighted by atomic mass is 9.82. The van der Waals surface area contributed by atoms with Crippen LogP contribution in [-0.4, -0.2) is 73.0 Å². The summed E-state index contributed by atoms with van der Waals surface area (Å²) in [4.78, 5) is 31.8. The van der Waals surface area contributed by atoms with Gasteiger partial charge in [0.15, 0.2) is 0 Å². The average molecular weight is 679 g/mol. The molecule has 0 aliphatic carbocycles. The zero-order chi connectivity index (χ0) is 32.4. The van der Waals surface area contributed by atoms with Crippen LogP contribution in [0.4, 0.5) is 13.2 Å². The third-order valence-electron chi connectivity index (χ3n) is 9.22. The van der Waals surface area contributed by atoms with Crippen molar-refractivity contribution in [1.82, 2.24) is 14.7 Å². The van der Waals surface area contributed by atoms with E-state index in [9.17, 15) is 22.8 Å². The number of likely N-dealkylation sites (tertiary alicyclic amines) is 1. The summed E-state index contributed by atoms with van der Waals surface area (Å²) < 4.78 is 39.9. The van der Waals surface area contributed by atoms with Crippen molar-refractivity contribution >= 4 is 46.8 Å². The van der Waals surface area contributed by atoms with Crippen molar-refractivity contribution in [3.63, 3.8) is 0 Å². The number of carbonyl (C=O) groups excluding carboxylic acids is 2. The van der Waals surface area contributed by atoms with E-state index in [0.717, 1.165) is 36.6 Å². The summed E-state index contributed by atoms with van der Waals surface area (Å²) in [5.74, 6) is -0.402. The van der Waals surface area contributed by atoms with Crippen molar-refractivity contribution in [2.45, 2.75) is 47.9 Å². The summed E-state index contributed by atoms with van der Waals surface area (Å²) in [6.45, 7) is 2.04. The first-order chi connectivity index (χ1) is 21.3. The number of rotatable bonds is 9. The largest absolute Gasteiger partial charge is 0.397 e. The molecule has 0 N–H and O–H groups in total. The highest BCUT2D eigenvalue weighted by molar-refractivity contribution is 7.99. The fourth-order valence-corrected chi connectivity index (χ4v) is 8.41. The number of thioether (sulfide) groups is 1. The number of amides is 2. The zero-order valence-corrected chi connectivity index (χ0v) is 27.6. The van der Waals surface area contributed by atoms with E-state index in [-0.39, 0.29) is 22.2 Å². The van der Waals surface area contributed by atoms with Gasteiger partial charge in [-0.15, -0.1) is 11.8 Å². The summed E-state index contributed by atoms with van der Waals surface area (Å²) in [6, 6.07) is 22.3. The maximum Gasteiger partial charge on any atom is 0.397 e. The zero-order valence-electron chi connectivity index (χ0n) is 25.2. The van der Waals surface area contributed by atoms with Gasteiger partial charge in [-0.25, -0.2) is 0 Å². The Balaban J connectivity index is 1.47. The topological polar surface area (TPSA) is 43.9 Å². The van der Waals surface area contributed by atoms with E-state index in [1.807, 2.05) is 11.8 Å². The number of nitrogens with zero attached hydrogens (tertiary/aromatic N) is 3. The number of halogens is 5. The number of hydrogen-bond donors (Lipinski definition) is 0. The van der Waals surface area contributed by atoms with Crippen LogP contribution < -0.4 is 0 Å². The molecule has 0 bridgehead atoms. The molecular formula is C34H36Cl2F3N3O2S. The molecule has 240 valence electrons. The quantitative estimate of drug-likeness (QED) is 0.230. The molecule has 0 saturated carbocycles. The molecule has 1 spiro atoms. The molecule has 5 nitrogen and oxygen atoms in total. The van der Waals surface area contributed by atoms with Crippen LogP contribution in [0, 0.1) is 0 Å². The molecule has 0 aromatic heterocycles. The van der Waals surface area contributed by atoms with Crippen LogP contribution in [-0.2, 0) is 20.8 Å². The van der Waals surface area contributed by atoms with E-state index in [4.69, 9.17) is 23.2 Å². The Morgan fingerprint density at radius 2 is 1.60 bits per heavy atom. The third-order valence-corrected chi connectivity index (χ3v) is 11.6. The molecule has 3 aromatic rings. The maximum absolute atomic E-state index is 14.0. The first kappa shape index (κ1) is 33.6. The minimum atomic E-state index is -4.66. The minimum absolute atomic E-state index is 0.0815. The highest BCUT2D eigenvalue weighted by Crippen LogP contribution is 2.53. The van der Waals surface area contributed by atoms with E-state index < -0.39 is 24.0 Å². The first-order valence-corrected chi connectivity index (χ1v) is 16.6. The monoisotopic (exact) mass is 677 g/mol. The smallest absolute Gasteiger partial charge is 0.343 e. The summed E-state index contributed by atoms with van der Waals surface area (Å²) >= 11 is 14.8. The number of likely N-dealkylation sites (N-methyl/N-ethyl adjacent to an activating group) is 2. The van der Waals surface area contributed by atoms with E-state index in [2.05, 4.69) is 29.2 Å². The van der Waals surface area contributed by atoms with Gasteiger partial charge in [0, 0.05) is 43.2 Å². The van der Waals surface area contributed by atoms with E-state index in [1.54, 1.807) is 60.5 Å². The Kier molecular flexibility index (Phi) is 10.1. The van der Waals surface area contributed by atoms with Crippen molar-refractivity contribution in [3.8, 4) is 0 Å². The van der Waals surface area contributed by atoms with Crippen molar-refractivity contribution in [2.24, 2.45) is 0 Å². The van der Waals surface area contributed by atoms with Gasteiger partial charge in [0.2, 0.25) is 5.91 Å². The number of hydrogen-bond acceptors (Lipinski definition) is 4. The molecule has 2 aliphatic rings. The molecule has 5 rings (SSSR count). The second kappa shape index (κ2) is 13.6.